The molecule has 0 unspecified atom stereocenters. The average Bonchev–Trinajstić information content (AvgIpc) is 3.08. The van der Waals surface area contributed by atoms with Crippen LogP contribution in [0.2, 0.25) is 0 Å². The summed E-state index contributed by atoms with van der Waals surface area (Å²) in [5, 5.41) is 2.84. The third-order valence-electron chi connectivity index (χ3n) is 4.74. The molecule has 2 aromatic rings. The zero-order valence-electron chi connectivity index (χ0n) is 16.8. The molecule has 1 atom stereocenters. The molecule has 1 aliphatic rings. The van der Waals surface area contributed by atoms with Crippen LogP contribution in [0.5, 0.6) is 0 Å². The minimum Gasteiger partial charge on any atom is -0.462 e. The largest absolute Gasteiger partial charge is 0.462 e. The Morgan fingerprint density at radius 3 is 2.45 bits per heavy atom. The molecule has 0 aromatic heterocycles. The van der Waals surface area contributed by atoms with Gasteiger partial charge in [0.05, 0.1) is 18.1 Å². The normalized spacial score (nSPS) is 16.2. The summed E-state index contributed by atoms with van der Waals surface area (Å²) >= 11 is 0. The van der Waals surface area contributed by atoms with Crippen molar-refractivity contribution in [3.05, 3.63) is 65.7 Å². The van der Waals surface area contributed by atoms with Crippen LogP contribution in [0.1, 0.15) is 36.2 Å². The predicted molar refractivity (Wildman–Crippen MR) is 110 cm³/mol. The molecule has 0 aliphatic carbocycles. The minimum absolute atomic E-state index is 0.0164. The maximum Gasteiger partial charge on any atom is 0.338 e. The highest BCUT2D eigenvalue weighted by Crippen LogP contribution is 2.22. The Morgan fingerprint density at radius 2 is 1.79 bits per heavy atom. The quantitative estimate of drug-likeness (QED) is 0.730. The summed E-state index contributed by atoms with van der Waals surface area (Å²) in [5.74, 6) is -0.703. The molecule has 1 heterocycles. The van der Waals surface area contributed by atoms with Crippen molar-refractivity contribution in [2.24, 2.45) is 11.8 Å². The second-order valence-corrected chi connectivity index (χ2v) is 7.72. The maximum absolute atomic E-state index is 12.6. The molecule has 0 saturated carbocycles. The van der Waals surface area contributed by atoms with E-state index in [4.69, 9.17) is 4.74 Å². The van der Waals surface area contributed by atoms with Crippen molar-refractivity contribution < 1.29 is 19.1 Å². The Hall–Kier alpha value is -3.15. The number of ether oxygens (including phenoxy) is 1. The van der Waals surface area contributed by atoms with Crippen LogP contribution in [0.15, 0.2) is 54.6 Å². The number of hydrogen-bond acceptors (Lipinski definition) is 4. The van der Waals surface area contributed by atoms with Crippen LogP contribution in [0.3, 0.4) is 0 Å². The van der Waals surface area contributed by atoms with E-state index in [1.54, 1.807) is 29.2 Å². The van der Waals surface area contributed by atoms with Gasteiger partial charge in [-0.05, 0) is 35.7 Å². The van der Waals surface area contributed by atoms with Gasteiger partial charge < -0.3 is 15.0 Å². The van der Waals surface area contributed by atoms with Gasteiger partial charge in [-0.2, -0.15) is 0 Å². The van der Waals surface area contributed by atoms with Crippen LogP contribution >= 0.6 is 0 Å². The zero-order chi connectivity index (χ0) is 20.8. The Labute approximate surface area is 170 Å². The summed E-state index contributed by atoms with van der Waals surface area (Å²) in [7, 11) is 0. The molecule has 6 nitrogen and oxygen atoms in total. The molecule has 1 aliphatic heterocycles. The number of amides is 2. The van der Waals surface area contributed by atoms with E-state index < -0.39 is 0 Å². The lowest BCUT2D eigenvalue weighted by Crippen LogP contribution is -2.28. The Bertz CT molecular complexity index is 862. The van der Waals surface area contributed by atoms with E-state index >= 15 is 0 Å². The Morgan fingerprint density at radius 1 is 1.10 bits per heavy atom. The number of rotatable bonds is 7. The predicted octanol–water partition coefficient (Wildman–Crippen LogP) is 3.49. The van der Waals surface area contributed by atoms with Gasteiger partial charge >= 0.3 is 5.97 Å². The van der Waals surface area contributed by atoms with Crippen molar-refractivity contribution in [1.82, 2.24) is 4.90 Å². The molecular weight excluding hydrogens is 368 g/mol. The van der Waals surface area contributed by atoms with E-state index in [-0.39, 0.29) is 36.0 Å². The van der Waals surface area contributed by atoms with Crippen LogP contribution in [-0.4, -0.2) is 35.8 Å². The second kappa shape index (κ2) is 9.37. The topological polar surface area (TPSA) is 75.7 Å². The van der Waals surface area contributed by atoms with Gasteiger partial charge in [0.25, 0.3) is 0 Å². The van der Waals surface area contributed by atoms with Crippen molar-refractivity contribution in [2.45, 2.75) is 26.8 Å². The summed E-state index contributed by atoms with van der Waals surface area (Å²) in [5.41, 5.74) is 2.07. The lowest BCUT2D eigenvalue weighted by atomic mass is 10.1. The van der Waals surface area contributed by atoms with E-state index in [1.165, 1.54) is 0 Å². The Kier molecular flexibility index (Phi) is 6.65. The molecule has 0 radical (unpaired) electrons. The van der Waals surface area contributed by atoms with Gasteiger partial charge in [-0.3, -0.25) is 9.59 Å². The monoisotopic (exact) mass is 394 g/mol. The van der Waals surface area contributed by atoms with Crippen molar-refractivity contribution in [3.8, 4) is 0 Å². The number of esters is 1. The first-order valence-corrected chi connectivity index (χ1v) is 9.82. The molecule has 3 rings (SSSR count). The molecule has 6 heteroatoms. The Balaban J connectivity index is 1.53. The summed E-state index contributed by atoms with van der Waals surface area (Å²) < 4.78 is 5.19. The highest BCUT2D eigenvalue weighted by molar-refractivity contribution is 5.97. The van der Waals surface area contributed by atoms with E-state index in [2.05, 4.69) is 5.32 Å². The number of nitrogens with zero attached hydrogens (tertiary/aromatic N) is 1. The smallest absolute Gasteiger partial charge is 0.338 e. The fourth-order valence-corrected chi connectivity index (χ4v) is 3.16. The SMILES string of the molecule is CC(C)COC(=O)c1ccc(NC(=O)[C@H]2CC(=O)N(Cc3ccccc3)C2)cc1. The molecule has 1 fully saturated rings. The van der Waals surface area contributed by atoms with Crippen LogP contribution < -0.4 is 5.32 Å². The number of benzene rings is 2. The lowest BCUT2D eigenvalue weighted by Gasteiger charge is -2.16. The first kappa shape index (κ1) is 20.6. The van der Waals surface area contributed by atoms with Gasteiger partial charge in [-0.1, -0.05) is 44.2 Å². The van der Waals surface area contributed by atoms with E-state index in [0.717, 1.165) is 5.56 Å². The molecular formula is C23H26N2O4. The number of likely N-dealkylation sites (tertiary alicyclic amines) is 1. The van der Waals surface area contributed by atoms with Crippen LogP contribution in [-0.2, 0) is 20.9 Å². The first-order valence-electron chi connectivity index (χ1n) is 9.82. The highest BCUT2D eigenvalue weighted by Gasteiger charge is 2.34. The molecule has 2 amide bonds. The van der Waals surface area contributed by atoms with Crippen LogP contribution in [0, 0.1) is 11.8 Å². The van der Waals surface area contributed by atoms with Crippen molar-refractivity contribution >= 4 is 23.5 Å². The van der Waals surface area contributed by atoms with E-state index in [1.807, 2.05) is 44.2 Å². The molecule has 152 valence electrons. The fourth-order valence-electron chi connectivity index (χ4n) is 3.16. The summed E-state index contributed by atoms with van der Waals surface area (Å²) in [4.78, 5) is 38.5. The van der Waals surface area contributed by atoms with Crippen LogP contribution in [0.4, 0.5) is 5.69 Å². The van der Waals surface area contributed by atoms with Gasteiger partial charge in [-0.25, -0.2) is 4.79 Å². The summed E-state index contributed by atoms with van der Waals surface area (Å²) in [6, 6.07) is 16.3. The lowest BCUT2D eigenvalue weighted by molar-refractivity contribution is -0.128. The zero-order valence-corrected chi connectivity index (χ0v) is 16.8. The number of carbonyl (C=O) groups is 3. The van der Waals surface area contributed by atoms with Gasteiger partial charge in [0.2, 0.25) is 11.8 Å². The van der Waals surface area contributed by atoms with E-state index in [9.17, 15) is 14.4 Å². The van der Waals surface area contributed by atoms with Gasteiger partial charge in [0.15, 0.2) is 0 Å². The van der Waals surface area contributed by atoms with Crippen molar-refractivity contribution in [1.29, 1.82) is 0 Å². The molecule has 0 spiro atoms. The van der Waals surface area contributed by atoms with Gasteiger partial charge in [0, 0.05) is 25.2 Å². The van der Waals surface area contributed by atoms with E-state index in [0.29, 0.717) is 30.9 Å². The van der Waals surface area contributed by atoms with Crippen LogP contribution in [0.25, 0.3) is 0 Å². The second-order valence-electron chi connectivity index (χ2n) is 7.72. The first-order chi connectivity index (χ1) is 13.9. The summed E-state index contributed by atoms with van der Waals surface area (Å²) in [6.07, 6.45) is 0.207. The number of anilines is 1. The fraction of sp³-hybridized carbons (Fsp3) is 0.348. The summed E-state index contributed by atoms with van der Waals surface area (Å²) in [6.45, 7) is 5.23. The molecule has 0 bridgehead atoms. The maximum atomic E-state index is 12.6. The van der Waals surface area contributed by atoms with Crippen molar-refractivity contribution in [3.63, 3.8) is 0 Å². The van der Waals surface area contributed by atoms with Gasteiger partial charge in [0.1, 0.15) is 0 Å². The third-order valence-corrected chi connectivity index (χ3v) is 4.74. The minimum atomic E-state index is -0.387. The number of nitrogens with one attached hydrogen (secondary N) is 1. The van der Waals surface area contributed by atoms with Crippen molar-refractivity contribution in [2.75, 3.05) is 18.5 Å². The highest BCUT2D eigenvalue weighted by atomic mass is 16.5. The molecule has 1 saturated heterocycles. The number of hydrogen-bond donors (Lipinski definition) is 1. The van der Waals surface area contributed by atoms with Gasteiger partial charge in [-0.15, -0.1) is 0 Å². The number of carbonyl (C=O) groups excluding carboxylic acids is 3. The third kappa shape index (κ3) is 5.67. The standard InChI is InChI=1S/C23H26N2O4/c1-16(2)15-29-23(28)18-8-10-20(11-9-18)24-22(27)19-12-21(26)25(14-19)13-17-6-4-3-5-7-17/h3-11,16,19H,12-15H2,1-2H3,(H,24,27)/t19-/m0/s1. The average molecular weight is 394 g/mol. The molecule has 29 heavy (non-hydrogen) atoms. The molecule has 1 N–H and O–H groups in total. The molecule has 2 aromatic carbocycles.